The third-order valence-corrected chi connectivity index (χ3v) is 1.32. The third kappa shape index (κ3) is 1.71. The molecule has 0 aromatic heterocycles. The van der Waals surface area contributed by atoms with E-state index < -0.39 is 28.9 Å². The van der Waals surface area contributed by atoms with E-state index in [-0.39, 0.29) is 0 Å². The largest absolute Gasteiger partial charge is 0.477 e. The van der Waals surface area contributed by atoms with Crippen molar-refractivity contribution < 1.29 is 28.1 Å². The number of halogens is 3. The molecule has 1 N–H and O–H groups in total. The van der Waals surface area contributed by atoms with Crippen LogP contribution in [0.25, 0.3) is 0 Å². The number of carboxylic acid groups (broad SMARTS) is 1. The van der Waals surface area contributed by atoms with Gasteiger partial charge in [-0.2, -0.15) is 0 Å². The Morgan fingerprint density at radius 3 is 2.46 bits per heavy atom. The molecule has 0 aliphatic carbocycles. The number of carbonyl (C=O) groups is 1. The summed E-state index contributed by atoms with van der Waals surface area (Å²) < 4.78 is 36.7. The Balaban J connectivity index is 3.38. The van der Waals surface area contributed by atoms with E-state index in [1.165, 1.54) is 0 Å². The highest BCUT2D eigenvalue weighted by Crippen LogP contribution is 2.23. The summed E-state index contributed by atoms with van der Waals surface area (Å²) in [6, 6.07) is 0.762. The highest BCUT2D eigenvalue weighted by molar-refractivity contribution is 5.91. The molecule has 0 amide bonds. The van der Waals surface area contributed by atoms with Gasteiger partial charge < -0.3 is 5.11 Å². The molecule has 0 aliphatic rings. The van der Waals surface area contributed by atoms with Crippen LogP contribution in [0.1, 0.15) is 10.4 Å². The van der Waals surface area contributed by atoms with Gasteiger partial charge in [-0.25, -0.2) is 13.6 Å². The molecular formula is C7H3F3O3. The van der Waals surface area contributed by atoms with Gasteiger partial charge in [0.2, 0.25) is 0 Å². The molecule has 1 aromatic rings. The van der Waals surface area contributed by atoms with Crippen LogP contribution in [-0.4, -0.2) is 11.1 Å². The fraction of sp³-hybridized carbons (Fsp3) is 0. The lowest BCUT2D eigenvalue weighted by Crippen LogP contribution is -2.03. The van der Waals surface area contributed by atoms with E-state index in [0.29, 0.717) is 12.1 Å². The van der Waals surface area contributed by atoms with E-state index in [1.54, 1.807) is 0 Å². The van der Waals surface area contributed by atoms with Crippen molar-refractivity contribution in [2.24, 2.45) is 0 Å². The minimum Gasteiger partial charge on any atom is -0.477 e. The van der Waals surface area contributed by atoms with Crippen molar-refractivity contribution in [3.8, 4) is 5.75 Å². The molecule has 0 heterocycles. The SMILES string of the molecule is O=C(O)c1c(F)cc(F)cc1OF. The van der Waals surface area contributed by atoms with Gasteiger partial charge in [0.1, 0.15) is 17.2 Å². The minimum atomic E-state index is -1.73. The minimum absolute atomic E-state index is 0.325. The van der Waals surface area contributed by atoms with E-state index >= 15 is 0 Å². The molecule has 0 spiro atoms. The van der Waals surface area contributed by atoms with Crippen molar-refractivity contribution in [1.29, 1.82) is 0 Å². The number of carboxylic acids is 1. The van der Waals surface area contributed by atoms with Gasteiger partial charge in [0.15, 0.2) is 5.75 Å². The Kier molecular flexibility index (Phi) is 2.41. The maximum Gasteiger partial charge on any atom is 0.342 e. The number of hydrogen-bond donors (Lipinski definition) is 1. The smallest absolute Gasteiger partial charge is 0.342 e. The van der Waals surface area contributed by atoms with Crippen molar-refractivity contribution in [1.82, 2.24) is 0 Å². The van der Waals surface area contributed by atoms with Gasteiger partial charge in [0.25, 0.3) is 0 Å². The summed E-state index contributed by atoms with van der Waals surface area (Å²) in [4.78, 5) is 13.3. The lowest BCUT2D eigenvalue weighted by Gasteiger charge is -2.01. The lowest BCUT2D eigenvalue weighted by molar-refractivity contribution is -0.00863. The van der Waals surface area contributed by atoms with Crippen molar-refractivity contribution in [3.63, 3.8) is 0 Å². The Hall–Kier alpha value is -1.72. The summed E-state index contributed by atoms with van der Waals surface area (Å²) in [6.07, 6.45) is 0. The molecule has 0 unspecified atom stereocenters. The first kappa shape index (κ1) is 9.37. The fourth-order valence-corrected chi connectivity index (χ4v) is 0.818. The molecule has 0 bridgehead atoms. The van der Waals surface area contributed by atoms with Crippen LogP contribution in [0.5, 0.6) is 5.75 Å². The normalized spacial score (nSPS) is 9.77. The summed E-state index contributed by atoms with van der Waals surface area (Å²) in [5, 5.41) is 8.36. The Morgan fingerprint density at radius 2 is 2.00 bits per heavy atom. The molecular weight excluding hydrogens is 189 g/mol. The lowest BCUT2D eigenvalue weighted by atomic mass is 10.2. The van der Waals surface area contributed by atoms with Crippen LogP contribution in [0.3, 0.4) is 0 Å². The third-order valence-electron chi connectivity index (χ3n) is 1.32. The van der Waals surface area contributed by atoms with Crippen LogP contribution in [-0.2, 0) is 0 Å². The zero-order chi connectivity index (χ0) is 10.0. The summed E-state index contributed by atoms with van der Waals surface area (Å²) in [5.74, 6) is -5.23. The second-order valence-corrected chi connectivity index (χ2v) is 2.14. The fourth-order valence-electron chi connectivity index (χ4n) is 0.818. The maximum absolute atomic E-state index is 12.7. The predicted octanol–water partition coefficient (Wildman–Crippen LogP) is 1.93. The summed E-state index contributed by atoms with van der Waals surface area (Å²) in [7, 11) is 0. The number of benzene rings is 1. The quantitative estimate of drug-likeness (QED) is 0.778. The molecule has 0 radical (unpaired) electrons. The van der Waals surface area contributed by atoms with Crippen LogP contribution in [0.15, 0.2) is 12.1 Å². The topological polar surface area (TPSA) is 46.5 Å². The van der Waals surface area contributed by atoms with Crippen LogP contribution in [0.2, 0.25) is 0 Å². The van der Waals surface area contributed by atoms with E-state index in [1.807, 2.05) is 0 Å². The van der Waals surface area contributed by atoms with Gasteiger partial charge in [-0.1, -0.05) is 0 Å². The zero-order valence-corrected chi connectivity index (χ0v) is 6.05. The summed E-state index contributed by atoms with van der Waals surface area (Å²) >= 11 is 0. The molecule has 6 heteroatoms. The monoisotopic (exact) mass is 192 g/mol. The first-order valence-electron chi connectivity index (χ1n) is 3.07. The van der Waals surface area contributed by atoms with Gasteiger partial charge in [0.05, 0.1) is 0 Å². The van der Waals surface area contributed by atoms with Crippen molar-refractivity contribution in [2.75, 3.05) is 0 Å². The highest BCUT2D eigenvalue weighted by atomic mass is 19.3. The first-order valence-corrected chi connectivity index (χ1v) is 3.07. The standard InChI is InChI=1S/C7H3F3O3/c8-3-1-4(9)6(7(11)12)5(2-3)13-10/h1-2H,(H,11,12). The predicted molar refractivity (Wildman–Crippen MR) is 35.1 cm³/mol. The molecule has 70 valence electrons. The van der Waals surface area contributed by atoms with Crippen molar-refractivity contribution in [2.45, 2.75) is 0 Å². The van der Waals surface area contributed by atoms with Crippen LogP contribution in [0.4, 0.5) is 13.3 Å². The van der Waals surface area contributed by atoms with E-state index in [9.17, 15) is 18.1 Å². The van der Waals surface area contributed by atoms with Gasteiger partial charge in [-0.15, -0.1) is 0 Å². The van der Waals surface area contributed by atoms with Crippen molar-refractivity contribution >= 4 is 5.97 Å². The second-order valence-electron chi connectivity index (χ2n) is 2.14. The maximum atomic E-state index is 12.7. The molecule has 0 saturated carbocycles. The highest BCUT2D eigenvalue weighted by Gasteiger charge is 2.19. The molecule has 0 saturated heterocycles. The van der Waals surface area contributed by atoms with Gasteiger partial charge >= 0.3 is 5.97 Å². The number of hydrogen-bond acceptors (Lipinski definition) is 2. The molecule has 0 aliphatic heterocycles. The molecule has 0 fully saturated rings. The number of aromatic carboxylic acids is 1. The second kappa shape index (κ2) is 3.34. The van der Waals surface area contributed by atoms with Crippen LogP contribution < -0.4 is 4.94 Å². The molecule has 3 nitrogen and oxygen atoms in total. The van der Waals surface area contributed by atoms with E-state index in [0.717, 1.165) is 0 Å². The number of rotatable bonds is 2. The Morgan fingerprint density at radius 1 is 1.38 bits per heavy atom. The van der Waals surface area contributed by atoms with E-state index in [2.05, 4.69) is 4.94 Å². The average molecular weight is 192 g/mol. The van der Waals surface area contributed by atoms with E-state index in [4.69, 9.17) is 5.11 Å². The summed E-state index contributed by atoms with van der Waals surface area (Å²) in [6.45, 7) is 0. The molecule has 13 heavy (non-hydrogen) atoms. The Bertz CT molecular complexity index is 351. The first-order chi connectivity index (χ1) is 6.06. The molecule has 1 rings (SSSR count). The summed E-state index contributed by atoms with van der Waals surface area (Å²) in [5.41, 5.74) is -1.04. The van der Waals surface area contributed by atoms with Crippen LogP contribution in [0, 0.1) is 11.6 Å². The van der Waals surface area contributed by atoms with Crippen molar-refractivity contribution in [3.05, 3.63) is 29.3 Å². The van der Waals surface area contributed by atoms with Gasteiger partial charge in [0, 0.05) is 16.7 Å². The van der Waals surface area contributed by atoms with Gasteiger partial charge in [-0.05, 0) is 0 Å². The Labute approximate surface area is 70.3 Å². The molecule has 1 aromatic carbocycles. The van der Waals surface area contributed by atoms with Crippen LogP contribution >= 0.6 is 0 Å². The molecule has 0 atom stereocenters. The average Bonchev–Trinajstić information content (AvgIpc) is 2.01. The zero-order valence-electron chi connectivity index (χ0n) is 6.05. The van der Waals surface area contributed by atoms with Gasteiger partial charge in [-0.3, -0.25) is 4.94 Å².